The van der Waals surface area contributed by atoms with Crippen molar-refractivity contribution in [3.05, 3.63) is 11.8 Å². The Labute approximate surface area is 138 Å². The summed E-state index contributed by atoms with van der Waals surface area (Å²) in [5.41, 5.74) is 0. The molecule has 22 heavy (non-hydrogen) atoms. The Morgan fingerprint density at radius 2 is 1.45 bits per heavy atom. The fourth-order valence-electron chi connectivity index (χ4n) is 2.51. The summed E-state index contributed by atoms with van der Waals surface area (Å²) >= 11 is 0. The second-order valence-electron chi connectivity index (χ2n) is 6.19. The maximum atomic E-state index is 6.03. The van der Waals surface area contributed by atoms with E-state index >= 15 is 0 Å². The van der Waals surface area contributed by atoms with Crippen LogP contribution in [-0.4, -0.2) is 20.5 Å². The van der Waals surface area contributed by atoms with E-state index in [1.807, 2.05) is 0 Å². The Kier molecular flexibility index (Phi) is 12.6. The molecule has 4 heteroatoms. The van der Waals surface area contributed by atoms with E-state index in [1.54, 1.807) is 0 Å². The highest BCUT2D eigenvalue weighted by Gasteiger charge is 2.24. The molecule has 1 aliphatic carbocycles. The van der Waals surface area contributed by atoms with Crippen molar-refractivity contribution in [1.82, 2.24) is 0 Å². The first-order valence-corrected chi connectivity index (χ1v) is 9.45. The van der Waals surface area contributed by atoms with Gasteiger partial charge in [0, 0.05) is 19.6 Å². The van der Waals surface area contributed by atoms with E-state index in [2.05, 4.69) is 19.9 Å². The molecule has 0 heterocycles. The third-order valence-corrected chi connectivity index (χ3v) is 4.00. The van der Waals surface area contributed by atoms with Gasteiger partial charge in [0.2, 0.25) is 0 Å². The molecule has 0 N–H and O–H groups in total. The average molecular weight is 310 g/mol. The van der Waals surface area contributed by atoms with Gasteiger partial charge in [-0.3, -0.25) is 0 Å². The molecular formula is C18H35BO3. The molecule has 1 rings (SSSR count). The van der Waals surface area contributed by atoms with Crippen molar-refractivity contribution in [2.75, 3.05) is 13.2 Å². The lowest BCUT2D eigenvalue weighted by Crippen LogP contribution is -2.28. The summed E-state index contributed by atoms with van der Waals surface area (Å²) in [6, 6.07) is 0. The van der Waals surface area contributed by atoms with E-state index in [1.165, 1.54) is 38.5 Å². The van der Waals surface area contributed by atoms with E-state index in [-0.39, 0.29) is 0 Å². The fourth-order valence-corrected chi connectivity index (χ4v) is 2.51. The van der Waals surface area contributed by atoms with Crippen molar-refractivity contribution in [1.29, 1.82) is 0 Å². The van der Waals surface area contributed by atoms with Crippen molar-refractivity contribution < 1.29 is 14.0 Å². The predicted octanol–water partition coefficient (Wildman–Crippen LogP) is 5.64. The van der Waals surface area contributed by atoms with Gasteiger partial charge in [-0.05, 0) is 38.2 Å². The first-order valence-electron chi connectivity index (χ1n) is 9.45. The van der Waals surface area contributed by atoms with Gasteiger partial charge < -0.3 is 14.0 Å². The van der Waals surface area contributed by atoms with Crippen LogP contribution in [0, 0.1) is 0 Å². The molecule has 0 unspecified atom stereocenters. The van der Waals surface area contributed by atoms with Crippen molar-refractivity contribution in [2.24, 2.45) is 0 Å². The minimum absolute atomic E-state index is 0.521. The van der Waals surface area contributed by atoms with E-state index in [0.29, 0.717) is 13.2 Å². The van der Waals surface area contributed by atoms with E-state index in [9.17, 15) is 0 Å². The van der Waals surface area contributed by atoms with Gasteiger partial charge in [-0.25, -0.2) is 0 Å². The summed E-state index contributed by atoms with van der Waals surface area (Å²) in [7, 11) is -0.521. The second-order valence-corrected chi connectivity index (χ2v) is 6.19. The van der Waals surface area contributed by atoms with Crippen LogP contribution in [0.5, 0.6) is 0 Å². The summed E-state index contributed by atoms with van der Waals surface area (Å²) < 4.78 is 17.6. The van der Waals surface area contributed by atoms with E-state index < -0.39 is 7.32 Å². The highest BCUT2D eigenvalue weighted by Crippen LogP contribution is 2.19. The SMILES string of the molecule is CCCCOB(OCCCC)OC1=CCCCCCCCC1. The van der Waals surface area contributed by atoms with Crippen LogP contribution in [0.4, 0.5) is 0 Å². The third-order valence-electron chi connectivity index (χ3n) is 4.00. The molecule has 0 atom stereocenters. The van der Waals surface area contributed by atoms with Gasteiger partial charge in [-0.2, -0.15) is 0 Å². The molecule has 0 saturated heterocycles. The zero-order chi connectivity index (χ0) is 15.9. The van der Waals surface area contributed by atoms with Gasteiger partial charge >= 0.3 is 7.32 Å². The van der Waals surface area contributed by atoms with E-state index in [4.69, 9.17) is 14.0 Å². The van der Waals surface area contributed by atoms with Crippen LogP contribution in [0.25, 0.3) is 0 Å². The fraction of sp³-hybridized carbons (Fsp3) is 0.889. The zero-order valence-corrected chi connectivity index (χ0v) is 14.8. The topological polar surface area (TPSA) is 27.7 Å². The Morgan fingerprint density at radius 1 is 0.864 bits per heavy atom. The number of unbranched alkanes of at least 4 members (excludes halogenated alkanes) is 2. The lowest BCUT2D eigenvalue weighted by Gasteiger charge is -2.18. The lowest BCUT2D eigenvalue weighted by atomic mass is 10.0. The van der Waals surface area contributed by atoms with Crippen LogP contribution in [0.1, 0.15) is 90.9 Å². The van der Waals surface area contributed by atoms with Crippen molar-refractivity contribution in [3.8, 4) is 0 Å². The Bertz CT molecular complexity index is 272. The van der Waals surface area contributed by atoms with Gasteiger partial charge in [-0.1, -0.05) is 52.4 Å². The Balaban J connectivity index is 2.44. The summed E-state index contributed by atoms with van der Waals surface area (Å²) in [6.07, 6.45) is 16.6. The Hall–Kier alpha value is -0.475. The maximum absolute atomic E-state index is 6.03. The number of hydrogen-bond acceptors (Lipinski definition) is 3. The van der Waals surface area contributed by atoms with Gasteiger partial charge in [-0.15, -0.1) is 0 Å². The van der Waals surface area contributed by atoms with Crippen LogP contribution in [0.3, 0.4) is 0 Å². The summed E-state index contributed by atoms with van der Waals surface area (Å²) in [5, 5.41) is 0. The molecular weight excluding hydrogens is 275 g/mol. The predicted molar refractivity (Wildman–Crippen MR) is 93.6 cm³/mol. The summed E-state index contributed by atoms with van der Waals surface area (Å²) in [5.74, 6) is 1.07. The van der Waals surface area contributed by atoms with Gasteiger partial charge in [0.15, 0.2) is 0 Å². The van der Waals surface area contributed by atoms with Crippen LogP contribution >= 0.6 is 0 Å². The molecule has 3 nitrogen and oxygen atoms in total. The molecule has 0 fully saturated rings. The van der Waals surface area contributed by atoms with Gasteiger partial charge in [0.1, 0.15) is 0 Å². The number of allylic oxidation sites excluding steroid dienone is 2. The molecule has 0 saturated carbocycles. The average Bonchev–Trinajstić information content (AvgIpc) is 2.53. The molecule has 0 spiro atoms. The highest BCUT2D eigenvalue weighted by atomic mass is 16.7. The molecule has 0 bridgehead atoms. The summed E-state index contributed by atoms with van der Waals surface area (Å²) in [6.45, 7) is 5.75. The highest BCUT2D eigenvalue weighted by molar-refractivity contribution is 6.36. The normalized spacial score (nSPS) is 16.9. The largest absolute Gasteiger partial charge is 0.712 e. The van der Waals surface area contributed by atoms with Crippen LogP contribution in [0.15, 0.2) is 11.8 Å². The molecule has 128 valence electrons. The minimum Gasteiger partial charge on any atom is -0.516 e. The molecule has 0 aromatic heterocycles. The Morgan fingerprint density at radius 3 is 2.09 bits per heavy atom. The van der Waals surface area contributed by atoms with Crippen LogP contribution < -0.4 is 0 Å². The lowest BCUT2D eigenvalue weighted by molar-refractivity contribution is 0.111. The molecule has 0 aromatic carbocycles. The maximum Gasteiger partial charge on any atom is 0.712 e. The standard InChI is InChI=1S/C18H35BO3/c1-3-5-16-20-19(21-17-6-4-2)22-18-14-12-10-8-7-9-11-13-15-18/h14H,3-13,15-17H2,1-2H3. The van der Waals surface area contributed by atoms with Gasteiger partial charge in [0.05, 0.1) is 5.76 Å². The monoisotopic (exact) mass is 310 g/mol. The summed E-state index contributed by atoms with van der Waals surface area (Å²) in [4.78, 5) is 0. The zero-order valence-electron chi connectivity index (χ0n) is 14.8. The first kappa shape index (κ1) is 19.6. The van der Waals surface area contributed by atoms with Crippen molar-refractivity contribution in [2.45, 2.75) is 90.9 Å². The van der Waals surface area contributed by atoms with Gasteiger partial charge in [0.25, 0.3) is 0 Å². The van der Waals surface area contributed by atoms with Crippen LogP contribution in [0.2, 0.25) is 0 Å². The second kappa shape index (κ2) is 14.1. The quantitative estimate of drug-likeness (QED) is 0.386. The van der Waals surface area contributed by atoms with Crippen molar-refractivity contribution >= 4 is 7.32 Å². The molecule has 0 amide bonds. The number of hydrogen-bond donors (Lipinski definition) is 0. The molecule has 0 aliphatic heterocycles. The van der Waals surface area contributed by atoms with Crippen molar-refractivity contribution in [3.63, 3.8) is 0 Å². The van der Waals surface area contributed by atoms with Crippen LogP contribution in [-0.2, 0) is 14.0 Å². The molecule has 1 aliphatic rings. The molecule has 0 radical (unpaired) electrons. The first-order chi connectivity index (χ1) is 10.9. The number of rotatable bonds is 10. The molecule has 0 aromatic rings. The van der Waals surface area contributed by atoms with E-state index in [0.717, 1.165) is 44.3 Å². The third kappa shape index (κ3) is 10.3. The smallest absolute Gasteiger partial charge is 0.516 e. The minimum atomic E-state index is -0.521.